The van der Waals surface area contributed by atoms with Gasteiger partial charge >= 0.3 is 0 Å². The number of carbonyl (C=O) groups excluding carboxylic acids is 1. The maximum absolute atomic E-state index is 13.0. The van der Waals surface area contributed by atoms with E-state index in [4.69, 9.17) is 0 Å². The number of amides is 1. The third-order valence-corrected chi connectivity index (χ3v) is 4.79. The predicted molar refractivity (Wildman–Crippen MR) is 96.8 cm³/mol. The first-order valence-electron chi connectivity index (χ1n) is 8.67. The van der Waals surface area contributed by atoms with Gasteiger partial charge in [0.05, 0.1) is 0 Å². The fraction of sp³-hybridized carbons (Fsp3) is 0.316. The van der Waals surface area contributed by atoms with Crippen LogP contribution in [0.2, 0.25) is 0 Å². The highest BCUT2D eigenvalue weighted by atomic mass is 16.2. The number of rotatable bonds is 3. The first-order valence-corrected chi connectivity index (χ1v) is 8.67. The van der Waals surface area contributed by atoms with Gasteiger partial charge in [0.1, 0.15) is 0 Å². The summed E-state index contributed by atoms with van der Waals surface area (Å²) < 4.78 is 1.65. The number of nitrogens with zero attached hydrogens (tertiary/aromatic N) is 5. The van der Waals surface area contributed by atoms with Gasteiger partial charge in [-0.3, -0.25) is 4.79 Å². The second-order valence-corrected chi connectivity index (χ2v) is 6.29. The highest BCUT2D eigenvalue weighted by molar-refractivity contribution is 5.93. The fourth-order valence-corrected chi connectivity index (χ4v) is 3.43. The second-order valence-electron chi connectivity index (χ2n) is 6.29. The van der Waals surface area contributed by atoms with Crippen molar-refractivity contribution < 1.29 is 4.79 Å². The van der Waals surface area contributed by atoms with Crippen LogP contribution in [0.5, 0.6) is 0 Å². The zero-order valence-corrected chi connectivity index (χ0v) is 14.2. The molecule has 0 aliphatic carbocycles. The molecule has 0 radical (unpaired) electrons. The molecular formula is C19H21N5O. The van der Waals surface area contributed by atoms with Crippen LogP contribution in [0.15, 0.2) is 54.9 Å². The van der Waals surface area contributed by atoms with Crippen LogP contribution in [0.3, 0.4) is 0 Å². The van der Waals surface area contributed by atoms with Gasteiger partial charge in [-0.25, -0.2) is 9.50 Å². The summed E-state index contributed by atoms with van der Waals surface area (Å²) in [5.41, 5.74) is 2.37. The highest BCUT2D eigenvalue weighted by Crippen LogP contribution is 2.22. The first-order chi connectivity index (χ1) is 12.3. The smallest absolute Gasteiger partial charge is 0.274 e. The van der Waals surface area contributed by atoms with Crippen LogP contribution in [-0.2, 0) is 0 Å². The number of fused-ring (bicyclic) bond motifs is 1. The van der Waals surface area contributed by atoms with Gasteiger partial charge in [-0.2, -0.15) is 5.10 Å². The van der Waals surface area contributed by atoms with Gasteiger partial charge < -0.3 is 9.80 Å². The Hall–Kier alpha value is -2.89. The van der Waals surface area contributed by atoms with E-state index in [2.05, 4.69) is 46.2 Å². The number of para-hydroxylation sites is 1. The van der Waals surface area contributed by atoms with Crippen LogP contribution in [0.1, 0.15) is 23.8 Å². The minimum Gasteiger partial charge on any atom is -0.368 e. The van der Waals surface area contributed by atoms with E-state index in [-0.39, 0.29) is 11.9 Å². The number of benzene rings is 1. The zero-order valence-electron chi connectivity index (χ0n) is 14.2. The number of aromatic nitrogens is 3. The van der Waals surface area contributed by atoms with Gasteiger partial charge in [0, 0.05) is 49.8 Å². The summed E-state index contributed by atoms with van der Waals surface area (Å²) in [7, 11) is 0. The average Bonchev–Trinajstić information content (AvgIpc) is 3.12. The van der Waals surface area contributed by atoms with E-state index in [0.717, 1.165) is 19.5 Å². The van der Waals surface area contributed by atoms with Crippen molar-refractivity contribution in [2.24, 2.45) is 0 Å². The van der Waals surface area contributed by atoms with Gasteiger partial charge in [0.25, 0.3) is 5.91 Å². The third-order valence-electron chi connectivity index (χ3n) is 4.79. The fourth-order valence-electron chi connectivity index (χ4n) is 3.43. The monoisotopic (exact) mass is 335 g/mol. The minimum absolute atomic E-state index is 0.00920. The summed E-state index contributed by atoms with van der Waals surface area (Å²) in [6, 6.07) is 14.1. The molecule has 4 rings (SSSR count). The van der Waals surface area contributed by atoms with Gasteiger partial charge in [0.15, 0.2) is 11.3 Å². The van der Waals surface area contributed by atoms with E-state index in [1.165, 1.54) is 5.69 Å². The summed E-state index contributed by atoms with van der Waals surface area (Å²) in [6.07, 6.45) is 4.43. The van der Waals surface area contributed by atoms with Crippen molar-refractivity contribution in [2.75, 3.05) is 24.5 Å². The van der Waals surface area contributed by atoms with Crippen molar-refractivity contribution in [1.29, 1.82) is 0 Å². The van der Waals surface area contributed by atoms with Crippen molar-refractivity contribution in [3.63, 3.8) is 0 Å². The van der Waals surface area contributed by atoms with E-state index in [1.807, 2.05) is 23.2 Å². The molecule has 1 unspecified atom stereocenters. The Labute approximate surface area is 146 Å². The topological polar surface area (TPSA) is 53.7 Å². The molecule has 1 aliphatic rings. The molecule has 25 heavy (non-hydrogen) atoms. The maximum atomic E-state index is 13.0. The molecule has 0 bridgehead atoms. The number of piperazine rings is 1. The number of anilines is 1. The molecule has 0 saturated carbocycles. The molecule has 1 fully saturated rings. The molecule has 1 saturated heterocycles. The van der Waals surface area contributed by atoms with Crippen molar-refractivity contribution in [1.82, 2.24) is 19.5 Å². The van der Waals surface area contributed by atoms with Crippen LogP contribution >= 0.6 is 0 Å². The lowest BCUT2D eigenvalue weighted by molar-refractivity contribution is 0.0645. The third kappa shape index (κ3) is 2.95. The quantitative estimate of drug-likeness (QED) is 0.738. The van der Waals surface area contributed by atoms with Gasteiger partial charge in [-0.15, -0.1) is 0 Å². The largest absolute Gasteiger partial charge is 0.368 e. The Balaban J connectivity index is 1.55. The second kappa shape index (κ2) is 6.55. The Morgan fingerprint density at radius 3 is 2.80 bits per heavy atom. The molecule has 3 heterocycles. The minimum atomic E-state index is -0.00920. The SMILES string of the molecule is CCC1CN(c2ccccc2)CCN1C(=O)c1cc2ncccn2n1. The zero-order chi connectivity index (χ0) is 17.2. The standard InChI is InChI=1S/C19H21N5O/c1-2-15-14-22(16-7-4-3-5-8-16)11-12-23(15)19(25)17-13-18-20-9-6-10-24(18)21-17/h3-10,13,15H,2,11-12,14H2,1H3. The Morgan fingerprint density at radius 1 is 1.20 bits per heavy atom. The average molecular weight is 335 g/mol. The summed E-state index contributed by atoms with van der Waals surface area (Å²) in [4.78, 5) is 21.5. The predicted octanol–water partition coefficient (Wildman–Crippen LogP) is 2.47. The normalized spacial score (nSPS) is 17.9. The van der Waals surface area contributed by atoms with Crippen molar-refractivity contribution in [3.8, 4) is 0 Å². The summed E-state index contributed by atoms with van der Waals surface area (Å²) >= 11 is 0. The van der Waals surface area contributed by atoms with Crippen molar-refractivity contribution >= 4 is 17.2 Å². The Kier molecular flexibility index (Phi) is 4.09. The summed E-state index contributed by atoms with van der Waals surface area (Å²) in [5.74, 6) is -0.00920. The molecule has 6 heteroatoms. The summed E-state index contributed by atoms with van der Waals surface area (Å²) in [5, 5.41) is 4.38. The van der Waals surface area contributed by atoms with Crippen molar-refractivity contribution in [3.05, 3.63) is 60.6 Å². The van der Waals surface area contributed by atoms with Crippen molar-refractivity contribution in [2.45, 2.75) is 19.4 Å². The maximum Gasteiger partial charge on any atom is 0.274 e. The molecule has 2 aromatic heterocycles. The van der Waals surface area contributed by atoms with Crippen LogP contribution in [0, 0.1) is 0 Å². The number of hydrogen-bond acceptors (Lipinski definition) is 4. The first kappa shape index (κ1) is 15.6. The van der Waals surface area contributed by atoms with E-state index in [9.17, 15) is 4.79 Å². The molecule has 6 nitrogen and oxygen atoms in total. The lowest BCUT2D eigenvalue weighted by Gasteiger charge is -2.42. The van der Waals surface area contributed by atoms with Gasteiger partial charge in [-0.05, 0) is 24.6 Å². The van der Waals surface area contributed by atoms with Gasteiger partial charge in [-0.1, -0.05) is 25.1 Å². The van der Waals surface area contributed by atoms with E-state index in [0.29, 0.717) is 17.9 Å². The van der Waals surface area contributed by atoms with E-state index < -0.39 is 0 Å². The lowest BCUT2D eigenvalue weighted by Crippen LogP contribution is -2.55. The molecule has 1 aromatic carbocycles. The van der Waals surface area contributed by atoms with Crippen LogP contribution in [0.4, 0.5) is 5.69 Å². The van der Waals surface area contributed by atoms with Crippen LogP contribution in [0.25, 0.3) is 5.65 Å². The molecule has 0 spiro atoms. The Bertz CT molecular complexity index is 843. The van der Waals surface area contributed by atoms with Gasteiger partial charge in [0.2, 0.25) is 0 Å². The highest BCUT2D eigenvalue weighted by Gasteiger charge is 2.31. The Morgan fingerprint density at radius 2 is 2.04 bits per heavy atom. The number of hydrogen-bond donors (Lipinski definition) is 0. The molecule has 1 amide bonds. The molecule has 128 valence electrons. The lowest BCUT2D eigenvalue weighted by atomic mass is 10.1. The summed E-state index contributed by atoms with van der Waals surface area (Å²) in [6.45, 7) is 4.51. The molecule has 1 atom stereocenters. The van der Waals surface area contributed by atoms with E-state index >= 15 is 0 Å². The molecular weight excluding hydrogens is 314 g/mol. The molecule has 1 aliphatic heterocycles. The van der Waals surface area contributed by atoms with Crippen LogP contribution in [-0.4, -0.2) is 51.1 Å². The number of carbonyl (C=O) groups is 1. The molecule has 3 aromatic rings. The van der Waals surface area contributed by atoms with Crippen LogP contribution < -0.4 is 4.90 Å². The molecule has 0 N–H and O–H groups in total. The van der Waals surface area contributed by atoms with E-state index in [1.54, 1.807) is 16.8 Å².